The van der Waals surface area contributed by atoms with E-state index in [1.807, 2.05) is 30.3 Å². The molecule has 0 aromatic heterocycles. The van der Waals surface area contributed by atoms with Crippen LogP contribution in [0.1, 0.15) is 5.56 Å². The Balaban J connectivity index is 0.000000630. The fraction of sp³-hybridized carbons (Fsp3) is 0.0476. The van der Waals surface area contributed by atoms with Crippen LogP contribution < -0.4 is 35.4 Å². The van der Waals surface area contributed by atoms with Gasteiger partial charge in [0.15, 0.2) is 0 Å². The first kappa shape index (κ1) is 24.1. The molecular formula is C21H19Cl2PTi. The summed E-state index contributed by atoms with van der Waals surface area (Å²) in [6, 6.07) is 31.8. The van der Waals surface area contributed by atoms with Gasteiger partial charge in [-0.2, -0.15) is 24.3 Å². The number of halogens is 2. The zero-order valence-electron chi connectivity index (χ0n) is 13.9. The van der Waals surface area contributed by atoms with Gasteiger partial charge in [-0.05, 0) is 17.8 Å². The van der Waals surface area contributed by atoms with E-state index >= 15 is 0 Å². The normalized spacial score (nSPS) is 9.48. The molecule has 4 heteroatoms. The van der Waals surface area contributed by atoms with Crippen LogP contribution >= 0.6 is 8.58 Å². The molecule has 0 aliphatic carbocycles. The van der Waals surface area contributed by atoms with Crippen LogP contribution in [0.25, 0.3) is 10.8 Å². The van der Waals surface area contributed by atoms with E-state index in [9.17, 15) is 0 Å². The van der Waals surface area contributed by atoms with Gasteiger partial charge in [0.05, 0.1) is 0 Å². The van der Waals surface area contributed by atoms with Crippen LogP contribution in [0.4, 0.5) is 0 Å². The topological polar surface area (TPSA) is 0 Å². The number of hydrogen-bond donors (Lipinski definition) is 0. The van der Waals surface area contributed by atoms with E-state index < -0.39 is 0 Å². The molecule has 1 atom stereocenters. The molecule has 0 radical (unpaired) electrons. The maximum absolute atomic E-state index is 2.31. The maximum atomic E-state index is 2.31. The van der Waals surface area contributed by atoms with Gasteiger partial charge in [0.2, 0.25) is 0 Å². The smallest absolute Gasteiger partial charge is 1.00 e. The molecule has 0 amide bonds. The molecule has 0 N–H and O–H groups in total. The van der Waals surface area contributed by atoms with Crippen LogP contribution in [-0.2, 0) is 21.7 Å². The Morgan fingerprint density at radius 1 is 0.800 bits per heavy atom. The first-order chi connectivity index (χ1) is 10.8. The van der Waals surface area contributed by atoms with E-state index in [4.69, 9.17) is 0 Å². The third kappa shape index (κ3) is 7.10. The molecule has 4 aromatic rings. The quantitative estimate of drug-likeness (QED) is 0.219. The molecule has 0 aliphatic heterocycles. The summed E-state index contributed by atoms with van der Waals surface area (Å²) < 4.78 is 0. The Hall–Kier alpha value is -0.876. The minimum absolute atomic E-state index is 0. The minimum atomic E-state index is 0. The number of rotatable bonds is 2. The molecule has 4 aromatic carbocycles. The van der Waals surface area contributed by atoms with Gasteiger partial charge in [-0.25, -0.2) is 12.1 Å². The van der Waals surface area contributed by atoms with Crippen molar-refractivity contribution in [2.75, 3.05) is 0 Å². The Labute approximate surface area is 179 Å². The molecule has 0 saturated heterocycles. The standard InChI is InChI=1S/C16H14P.C5H5.2ClH.Ti/c1-12-6-2-5-9-16(12)17-15-10-13-7-3-4-8-14(13)11-15;1-2-4-5-3-1;;;/h2-11,17H,1H3;1-5H;2*1H;/q2*-1;;;+4/p-2. The Kier molecular flexibility index (Phi) is 12.0. The molecule has 0 spiro atoms. The van der Waals surface area contributed by atoms with Crippen LogP contribution in [0.2, 0.25) is 0 Å². The van der Waals surface area contributed by atoms with Crippen molar-refractivity contribution >= 4 is 30.0 Å². The minimum Gasteiger partial charge on any atom is -1.00 e. The predicted octanol–water partition coefficient (Wildman–Crippen LogP) is -1.09. The van der Waals surface area contributed by atoms with E-state index in [1.165, 1.54) is 26.9 Å². The Morgan fingerprint density at radius 3 is 2.04 bits per heavy atom. The summed E-state index contributed by atoms with van der Waals surface area (Å²) in [6.45, 7) is 2.19. The van der Waals surface area contributed by atoms with Gasteiger partial charge < -0.3 is 24.8 Å². The average Bonchev–Trinajstić information content (AvgIpc) is 3.21. The number of fused-ring (bicyclic) bond motifs is 1. The summed E-state index contributed by atoms with van der Waals surface area (Å²) in [6.07, 6.45) is 0. The van der Waals surface area contributed by atoms with Gasteiger partial charge >= 0.3 is 21.7 Å². The van der Waals surface area contributed by atoms with Gasteiger partial charge in [0.1, 0.15) is 0 Å². The van der Waals surface area contributed by atoms with Gasteiger partial charge in [0.25, 0.3) is 0 Å². The zero-order chi connectivity index (χ0) is 15.2. The summed E-state index contributed by atoms with van der Waals surface area (Å²) in [5.41, 5.74) is 1.39. The third-order valence-corrected chi connectivity index (χ3v) is 5.01. The van der Waals surface area contributed by atoms with E-state index in [0.717, 1.165) is 8.58 Å². The van der Waals surface area contributed by atoms with Crippen LogP contribution in [0.5, 0.6) is 0 Å². The predicted molar refractivity (Wildman–Crippen MR) is 100 cm³/mol. The van der Waals surface area contributed by atoms with Gasteiger partial charge in [0, 0.05) is 0 Å². The van der Waals surface area contributed by atoms with Crippen molar-refractivity contribution in [2.24, 2.45) is 0 Å². The molecule has 25 heavy (non-hydrogen) atoms. The molecule has 0 heterocycles. The fourth-order valence-electron chi connectivity index (χ4n) is 2.41. The van der Waals surface area contributed by atoms with Gasteiger partial charge in [-0.1, -0.05) is 38.9 Å². The molecule has 126 valence electrons. The van der Waals surface area contributed by atoms with Crippen LogP contribution in [0, 0.1) is 6.92 Å². The van der Waals surface area contributed by atoms with Gasteiger partial charge in [-0.3, -0.25) is 0 Å². The molecule has 0 saturated carbocycles. The number of benzene rings is 2. The van der Waals surface area contributed by atoms with E-state index in [-0.39, 0.29) is 46.5 Å². The average molecular weight is 421 g/mol. The largest absolute Gasteiger partial charge is 4.00 e. The van der Waals surface area contributed by atoms with Crippen LogP contribution in [-0.4, -0.2) is 0 Å². The van der Waals surface area contributed by atoms with Crippen LogP contribution in [0.15, 0.2) is 91.0 Å². The fourth-order valence-corrected chi connectivity index (χ4v) is 3.64. The number of hydrogen-bond acceptors (Lipinski definition) is 0. The second-order valence-electron chi connectivity index (χ2n) is 5.28. The van der Waals surface area contributed by atoms with Gasteiger partial charge in [-0.15, -0.1) is 40.3 Å². The van der Waals surface area contributed by atoms with Crippen molar-refractivity contribution < 1.29 is 46.5 Å². The summed E-state index contributed by atoms with van der Waals surface area (Å²) in [4.78, 5) is 0. The van der Waals surface area contributed by atoms with E-state index in [2.05, 4.69) is 67.6 Å². The van der Waals surface area contributed by atoms with E-state index in [1.54, 1.807) is 0 Å². The molecular weight excluding hydrogens is 402 g/mol. The SMILES string of the molecule is Cc1ccccc1Pc1cc2ccccc2[cH-]1.[Cl-].[Cl-].[Ti+4].c1cc[cH-]c1. The van der Waals surface area contributed by atoms with Crippen molar-refractivity contribution in [1.29, 1.82) is 0 Å². The maximum Gasteiger partial charge on any atom is 4.00 e. The van der Waals surface area contributed by atoms with Crippen LogP contribution in [0.3, 0.4) is 0 Å². The number of aryl methyl sites for hydroxylation is 1. The third-order valence-electron chi connectivity index (χ3n) is 3.60. The summed E-state index contributed by atoms with van der Waals surface area (Å²) in [7, 11) is 0.759. The molecule has 0 aliphatic rings. The van der Waals surface area contributed by atoms with E-state index in [0.29, 0.717) is 0 Å². The first-order valence-electron chi connectivity index (χ1n) is 7.48. The van der Waals surface area contributed by atoms with Crippen molar-refractivity contribution in [3.05, 3.63) is 96.6 Å². The zero-order valence-corrected chi connectivity index (χ0v) is 18.0. The van der Waals surface area contributed by atoms with Crippen molar-refractivity contribution in [2.45, 2.75) is 6.92 Å². The Bertz CT molecular complexity index is 788. The summed E-state index contributed by atoms with van der Waals surface area (Å²) >= 11 is 0. The first-order valence-corrected chi connectivity index (χ1v) is 8.48. The molecule has 0 fully saturated rings. The van der Waals surface area contributed by atoms with Crippen molar-refractivity contribution in [1.82, 2.24) is 0 Å². The molecule has 1 unspecified atom stereocenters. The molecule has 0 nitrogen and oxygen atoms in total. The second kappa shape index (κ2) is 12.5. The monoisotopic (exact) mass is 420 g/mol. The summed E-state index contributed by atoms with van der Waals surface area (Å²) in [5, 5.41) is 5.58. The Morgan fingerprint density at radius 2 is 1.44 bits per heavy atom. The molecule has 4 rings (SSSR count). The summed E-state index contributed by atoms with van der Waals surface area (Å²) in [5.74, 6) is 0. The second-order valence-corrected chi connectivity index (χ2v) is 6.64. The van der Waals surface area contributed by atoms with Crippen molar-refractivity contribution in [3.8, 4) is 0 Å². The molecule has 0 bridgehead atoms. The van der Waals surface area contributed by atoms with Crippen molar-refractivity contribution in [3.63, 3.8) is 0 Å².